The average Bonchev–Trinajstić information content (AvgIpc) is 2.32. The van der Waals surface area contributed by atoms with Gasteiger partial charge in [0.1, 0.15) is 0 Å². The first-order valence-corrected chi connectivity index (χ1v) is 3.90. The summed E-state index contributed by atoms with van der Waals surface area (Å²) in [6, 6.07) is 0. The topological polar surface area (TPSA) is 104 Å². The third-order valence-electron chi connectivity index (χ3n) is 2.14. The highest BCUT2D eigenvalue weighted by Gasteiger charge is 2.41. The highest BCUT2D eigenvalue weighted by molar-refractivity contribution is 5.84. The lowest BCUT2D eigenvalue weighted by molar-refractivity contribution is -0.140. The number of primary amides is 1. The lowest BCUT2D eigenvalue weighted by atomic mass is 10.0. The van der Waals surface area contributed by atoms with Gasteiger partial charge < -0.3 is 15.9 Å². The minimum absolute atomic E-state index is 0.00856. The molecule has 1 atom stereocenters. The number of carbonyl (C=O) groups excluding carboxylic acids is 1. The number of carboxylic acid groups (broad SMARTS) is 1. The van der Waals surface area contributed by atoms with E-state index >= 15 is 0 Å². The lowest BCUT2D eigenvalue weighted by Gasteiger charge is -2.18. The molecule has 1 aliphatic heterocycles. The maximum Gasteiger partial charge on any atom is 0.317 e. The van der Waals surface area contributed by atoms with Crippen LogP contribution in [0.25, 0.3) is 0 Å². The van der Waals surface area contributed by atoms with E-state index in [9.17, 15) is 14.7 Å². The minimum Gasteiger partial charge on any atom is -0.480 e. The van der Waals surface area contributed by atoms with E-state index in [1.54, 1.807) is 0 Å². The van der Waals surface area contributed by atoms with Crippen molar-refractivity contribution in [1.82, 2.24) is 4.90 Å². The maximum atomic E-state index is 10.8. The van der Waals surface area contributed by atoms with Crippen LogP contribution in [0.1, 0.15) is 6.42 Å². The van der Waals surface area contributed by atoms with Crippen molar-refractivity contribution in [2.75, 3.05) is 19.6 Å². The van der Waals surface area contributed by atoms with Gasteiger partial charge >= 0.3 is 5.97 Å². The number of nitrogens with two attached hydrogens (primary N) is 1. The van der Waals surface area contributed by atoms with E-state index in [0.29, 0.717) is 6.54 Å². The zero-order valence-corrected chi connectivity index (χ0v) is 7.06. The van der Waals surface area contributed by atoms with E-state index in [2.05, 4.69) is 0 Å². The highest BCUT2D eigenvalue weighted by atomic mass is 16.4. The average molecular weight is 188 g/mol. The fraction of sp³-hybridized carbons (Fsp3) is 0.714. The summed E-state index contributed by atoms with van der Waals surface area (Å²) >= 11 is 0. The number of β-amino-alcohol motifs (C(OH)–C–C–N with tert-alkyl or cyclic N) is 1. The zero-order chi connectivity index (χ0) is 10.1. The Labute approximate surface area is 74.9 Å². The van der Waals surface area contributed by atoms with Gasteiger partial charge in [0, 0.05) is 13.1 Å². The molecule has 0 spiro atoms. The third-order valence-corrected chi connectivity index (χ3v) is 2.14. The molecule has 1 rings (SSSR count). The zero-order valence-electron chi connectivity index (χ0n) is 7.06. The molecule has 6 nitrogen and oxygen atoms in total. The minimum atomic E-state index is -1.55. The van der Waals surface area contributed by atoms with Gasteiger partial charge in [-0.15, -0.1) is 0 Å². The van der Waals surface area contributed by atoms with Crippen molar-refractivity contribution in [2.45, 2.75) is 12.0 Å². The quantitative estimate of drug-likeness (QED) is 0.475. The molecule has 1 amide bonds. The number of nitrogens with zero attached hydrogens (tertiary/aromatic N) is 1. The van der Waals surface area contributed by atoms with Gasteiger partial charge in [0.15, 0.2) is 5.60 Å². The molecule has 13 heavy (non-hydrogen) atoms. The monoisotopic (exact) mass is 188 g/mol. The van der Waals surface area contributed by atoms with Gasteiger partial charge in [-0.1, -0.05) is 0 Å². The Balaban J connectivity index is 2.53. The Morgan fingerprint density at radius 1 is 1.54 bits per heavy atom. The SMILES string of the molecule is NC(=O)C1(O)CCN(CC(=O)O)C1. The predicted molar refractivity (Wildman–Crippen MR) is 42.8 cm³/mol. The second-order valence-corrected chi connectivity index (χ2v) is 3.25. The first-order valence-electron chi connectivity index (χ1n) is 3.90. The number of likely N-dealkylation sites (tertiary alicyclic amines) is 1. The Bertz CT molecular complexity index is 243. The van der Waals surface area contributed by atoms with Crippen molar-refractivity contribution in [3.63, 3.8) is 0 Å². The third kappa shape index (κ3) is 2.16. The van der Waals surface area contributed by atoms with Crippen LogP contribution in [0, 0.1) is 0 Å². The van der Waals surface area contributed by atoms with Crippen molar-refractivity contribution in [3.8, 4) is 0 Å². The fourth-order valence-corrected chi connectivity index (χ4v) is 1.40. The smallest absolute Gasteiger partial charge is 0.317 e. The first-order chi connectivity index (χ1) is 5.94. The molecule has 6 heteroatoms. The largest absolute Gasteiger partial charge is 0.480 e. The van der Waals surface area contributed by atoms with Crippen LogP contribution in [0.4, 0.5) is 0 Å². The van der Waals surface area contributed by atoms with Crippen LogP contribution in [-0.2, 0) is 9.59 Å². The summed E-state index contributed by atoms with van der Waals surface area (Å²) in [6.45, 7) is 0.218. The second kappa shape index (κ2) is 3.31. The summed E-state index contributed by atoms with van der Waals surface area (Å²) < 4.78 is 0. The van der Waals surface area contributed by atoms with Crippen LogP contribution in [-0.4, -0.2) is 52.2 Å². The Kier molecular flexibility index (Phi) is 2.53. The van der Waals surface area contributed by atoms with E-state index in [4.69, 9.17) is 10.8 Å². The molecule has 0 aromatic heterocycles. The van der Waals surface area contributed by atoms with Gasteiger partial charge in [0.25, 0.3) is 5.91 Å². The van der Waals surface area contributed by atoms with Gasteiger partial charge in [0.05, 0.1) is 6.54 Å². The van der Waals surface area contributed by atoms with Crippen LogP contribution in [0.3, 0.4) is 0 Å². The van der Waals surface area contributed by atoms with Crippen molar-refractivity contribution < 1.29 is 19.8 Å². The Morgan fingerprint density at radius 3 is 2.54 bits per heavy atom. The number of hydrogen-bond donors (Lipinski definition) is 3. The molecule has 0 bridgehead atoms. The van der Waals surface area contributed by atoms with Crippen LogP contribution in [0.15, 0.2) is 0 Å². The Hall–Kier alpha value is -1.14. The molecule has 0 aromatic carbocycles. The van der Waals surface area contributed by atoms with E-state index in [1.165, 1.54) is 4.90 Å². The molecule has 1 unspecified atom stereocenters. The molecular formula is C7H12N2O4. The number of rotatable bonds is 3. The van der Waals surface area contributed by atoms with Crippen LogP contribution in [0.2, 0.25) is 0 Å². The molecular weight excluding hydrogens is 176 g/mol. The van der Waals surface area contributed by atoms with Gasteiger partial charge in [-0.05, 0) is 6.42 Å². The first kappa shape index (κ1) is 9.94. The van der Waals surface area contributed by atoms with Crippen LogP contribution >= 0.6 is 0 Å². The fourth-order valence-electron chi connectivity index (χ4n) is 1.40. The van der Waals surface area contributed by atoms with Crippen LogP contribution < -0.4 is 5.73 Å². The Morgan fingerprint density at radius 2 is 2.15 bits per heavy atom. The number of carbonyl (C=O) groups is 2. The molecule has 0 aromatic rings. The van der Waals surface area contributed by atoms with E-state index in [0.717, 1.165) is 0 Å². The van der Waals surface area contributed by atoms with E-state index in [1.807, 2.05) is 0 Å². The summed E-state index contributed by atoms with van der Waals surface area (Å²) in [5.74, 6) is -1.77. The highest BCUT2D eigenvalue weighted by Crippen LogP contribution is 2.20. The molecule has 1 saturated heterocycles. The van der Waals surface area contributed by atoms with Crippen molar-refractivity contribution in [1.29, 1.82) is 0 Å². The number of hydrogen-bond acceptors (Lipinski definition) is 4. The van der Waals surface area contributed by atoms with Gasteiger partial charge in [-0.2, -0.15) is 0 Å². The number of aliphatic hydroxyl groups is 1. The molecule has 1 heterocycles. The van der Waals surface area contributed by atoms with E-state index < -0.39 is 17.5 Å². The predicted octanol–water partition coefficient (Wildman–Crippen LogP) is -2.01. The molecule has 0 radical (unpaired) electrons. The van der Waals surface area contributed by atoms with Crippen molar-refractivity contribution >= 4 is 11.9 Å². The van der Waals surface area contributed by atoms with Gasteiger partial charge in [0.2, 0.25) is 0 Å². The summed E-state index contributed by atoms with van der Waals surface area (Å²) in [4.78, 5) is 22.5. The standard InChI is InChI=1S/C7H12N2O4/c8-6(12)7(13)1-2-9(4-7)3-5(10)11/h13H,1-4H2,(H2,8,12)(H,10,11). The molecule has 4 N–H and O–H groups in total. The lowest BCUT2D eigenvalue weighted by Crippen LogP contribution is -2.46. The molecule has 0 saturated carbocycles. The van der Waals surface area contributed by atoms with Gasteiger partial charge in [-0.25, -0.2) is 0 Å². The van der Waals surface area contributed by atoms with Crippen LogP contribution in [0.5, 0.6) is 0 Å². The summed E-state index contributed by atoms with van der Waals surface area (Å²) in [6.07, 6.45) is 0.204. The van der Waals surface area contributed by atoms with Crippen molar-refractivity contribution in [2.24, 2.45) is 5.73 Å². The molecule has 74 valence electrons. The van der Waals surface area contributed by atoms with Gasteiger partial charge in [-0.3, -0.25) is 14.5 Å². The summed E-state index contributed by atoms with van der Waals surface area (Å²) in [5.41, 5.74) is 3.42. The second-order valence-electron chi connectivity index (χ2n) is 3.25. The maximum absolute atomic E-state index is 10.8. The normalized spacial score (nSPS) is 29.0. The molecule has 0 aliphatic carbocycles. The number of carboxylic acids is 1. The summed E-state index contributed by atoms with van der Waals surface area (Å²) in [5, 5.41) is 18.0. The number of aliphatic carboxylic acids is 1. The number of amides is 1. The van der Waals surface area contributed by atoms with Crippen molar-refractivity contribution in [3.05, 3.63) is 0 Å². The molecule has 1 aliphatic rings. The molecule has 1 fully saturated rings. The van der Waals surface area contributed by atoms with E-state index in [-0.39, 0.29) is 19.5 Å². The summed E-state index contributed by atoms with van der Waals surface area (Å²) in [7, 11) is 0.